The smallest absolute Gasteiger partial charge is 0.407 e. The summed E-state index contributed by atoms with van der Waals surface area (Å²) in [6, 6.07) is 9.56. The average Bonchev–Trinajstić information content (AvgIpc) is 2.50. The molecular weight excluding hydrogens is 254 g/mol. The lowest BCUT2D eigenvalue weighted by atomic mass is 9.88. The first kappa shape index (κ1) is 16.5. The monoisotopic (exact) mass is 279 g/mol. The van der Waals surface area contributed by atoms with Gasteiger partial charge in [-0.3, -0.25) is 0 Å². The van der Waals surface area contributed by atoms with Crippen LogP contribution in [0.4, 0.5) is 4.79 Å². The molecule has 0 aromatic heterocycles. The Hall–Kier alpha value is -1.55. The number of aliphatic hydroxyl groups excluding tert-OH is 1. The van der Waals surface area contributed by atoms with Crippen LogP contribution in [-0.4, -0.2) is 24.4 Å². The molecule has 0 aliphatic rings. The summed E-state index contributed by atoms with van der Waals surface area (Å²) in [5.41, 5.74) is 0.960. The minimum absolute atomic E-state index is 0.0886. The molecule has 1 unspecified atom stereocenters. The number of carbonyl (C=O) groups excluding carboxylic acids is 1. The van der Waals surface area contributed by atoms with Crippen LogP contribution in [0.1, 0.15) is 32.3 Å². The van der Waals surface area contributed by atoms with Gasteiger partial charge in [-0.15, -0.1) is 0 Å². The Kier molecular flexibility index (Phi) is 7.73. The van der Waals surface area contributed by atoms with E-state index in [1.54, 1.807) is 0 Å². The Morgan fingerprint density at radius 2 is 1.85 bits per heavy atom. The van der Waals surface area contributed by atoms with Crippen molar-refractivity contribution < 1.29 is 14.6 Å². The fraction of sp³-hybridized carbons (Fsp3) is 0.562. The van der Waals surface area contributed by atoms with E-state index in [0.717, 1.165) is 18.4 Å². The van der Waals surface area contributed by atoms with Gasteiger partial charge in [0.25, 0.3) is 0 Å². The van der Waals surface area contributed by atoms with Crippen LogP contribution in [0.5, 0.6) is 0 Å². The van der Waals surface area contributed by atoms with Crippen molar-refractivity contribution in [2.75, 3.05) is 13.2 Å². The quantitative estimate of drug-likeness (QED) is 0.769. The Morgan fingerprint density at radius 3 is 2.40 bits per heavy atom. The number of alkyl carbamates (subject to hydrolysis) is 1. The van der Waals surface area contributed by atoms with Gasteiger partial charge in [0.2, 0.25) is 0 Å². The number of benzene rings is 1. The van der Waals surface area contributed by atoms with Crippen molar-refractivity contribution >= 4 is 6.09 Å². The zero-order chi connectivity index (χ0) is 14.8. The Bertz CT molecular complexity index is 377. The van der Waals surface area contributed by atoms with Gasteiger partial charge in [-0.25, -0.2) is 4.79 Å². The van der Waals surface area contributed by atoms with E-state index >= 15 is 0 Å². The predicted molar refractivity (Wildman–Crippen MR) is 79.3 cm³/mol. The molecule has 0 aliphatic carbocycles. The summed E-state index contributed by atoms with van der Waals surface area (Å²) in [4.78, 5) is 11.6. The molecule has 0 saturated carbocycles. The third-order valence-corrected chi connectivity index (χ3v) is 3.67. The van der Waals surface area contributed by atoms with Crippen LogP contribution >= 0.6 is 0 Å². The van der Waals surface area contributed by atoms with Crippen LogP contribution in [0.3, 0.4) is 0 Å². The standard InChI is InChI=1S/C16H25NO3/c1-3-14(4-2)15(11-18)10-17-16(19)20-12-13-8-6-5-7-9-13/h5-9,14-15,18H,3-4,10-12H2,1-2H3,(H,17,19). The van der Waals surface area contributed by atoms with Gasteiger partial charge >= 0.3 is 6.09 Å². The van der Waals surface area contributed by atoms with Crippen LogP contribution in [0.15, 0.2) is 30.3 Å². The van der Waals surface area contributed by atoms with Crippen LogP contribution in [0, 0.1) is 11.8 Å². The zero-order valence-corrected chi connectivity index (χ0v) is 12.3. The van der Waals surface area contributed by atoms with E-state index in [9.17, 15) is 9.90 Å². The Balaban J connectivity index is 2.31. The molecule has 0 fully saturated rings. The van der Waals surface area contributed by atoms with Crippen molar-refractivity contribution in [2.24, 2.45) is 11.8 Å². The summed E-state index contributed by atoms with van der Waals surface area (Å²) in [7, 11) is 0. The third-order valence-electron chi connectivity index (χ3n) is 3.67. The SMILES string of the molecule is CCC(CC)C(CO)CNC(=O)OCc1ccccc1. The van der Waals surface area contributed by atoms with Crippen molar-refractivity contribution in [3.63, 3.8) is 0 Å². The molecule has 4 heteroatoms. The molecule has 4 nitrogen and oxygen atoms in total. The van der Waals surface area contributed by atoms with Crippen LogP contribution < -0.4 is 5.32 Å². The summed E-state index contributed by atoms with van der Waals surface area (Å²) in [5.74, 6) is 0.517. The second-order valence-corrected chi connectivity index (χ2v) is 4.96. The summed E-state index contributed by atoms with van der Waals surface area (Å²) in [5, 5.41) is 12.1. The van der Waals surface area contributed by atoms with E-state index in [1.165, 1.54) is 0 Å². The molecule has 0 saturated heterocycles. The summed E-state index contributed by atoms with van der Waals surface area (Å²) < 4.78 is 5.14. The zero-order valence-electron chi connectivity index (χ0n) is 12.3. The molecule has 0 aliphatic heterocycles. The fourth-order valence-corrected chi connectivity index (χ4v) is 2.32. The molecule has 0 spiro atoms. The van der Waals surface area contributed by atoms with Crippen LogP contribution in [0.25, 0.3) is 0 Å². The van der Waals surface area contributed by atoms with Gasteiger partial charge in [-0.2, -0.15) is 0 Å². The molecule has 1 atom stereocenters. The van der Waals surface area contributed by atoms with Gasteiger partial charge in [0, 0.05) is 19.1 Å². The highest BCUT2D eigenvalue weighted by atomic mass is 16.5. The average molecular weight is 279 g/mol. The molecule has 112 valence electrons. The van der Waals surface area contributed by atoms with Gasteiger partial charge in [0.15, 0.2) is 0 Å². The summed E-state index contributed by atoms with van der Waals surface area (Å²) >= 11 is 0. The number of hydrogen-bond acceptors (Lipinski definition) is 3. The first-order valence-corrected chi connectivity index (χ1v) is 7.26. The van der Waals surface area contributed by atoms with Crippen molar-refractivity contribution in [3.05, 3.63) is 35.9 Å². The molecule has 0 bridgehead atoms. The second-order valence-electron chi connectivity index (χ2n) is 4.96. The van der Waals surface area contributed by atoms with Gasteiger partial charge in [-0.05, 0) is 11.5 Å². The molecule has 0 heterocycles. The highest BCUT2D eigenvalue weighted by Gasteiger charge is 2.18. The van der Waals surface area contributed by atoms with Gasteiger partial charge in [0.1, 0.15) is 6.61 Å². The molecular formula is C16H25NO3. The Labute approximate surface area is 121 Å². The number of amides is 1. The molecule has 2 N–H and O–H groups in total. The van der Waals surface area contributed by atoms with Gasteiger partial charge in [0.05, 0.1) is 0 Å². The van der Waals surface area contributed by atoms with E-state index < -0.39 is 6.09 Å². The maximum Gasteiger partial charge on any atom is 0.407 e. The Morgan fingerprint density at radius 1 is 1.20 bits per heavy atom. The lowest BCUT2D eigenvalue weighted by Crippen LogP contribution is -2.34. The molecule has 1 amide bonds. The molecule has 1 aromatic carbocycles. The lowest BCUT2D eigenvalue weighted by molar-refractivity contribution is 0.127. The number of rotatable bonds is 8. The summed E-state index contributed by atoms with van der Waals surface area (Å²) in [6.07, 6.45) is 1.57. The van der Waals surface area contributed by atoms with E-state index in [1.807, 2.05) is 30.3 Å². The molecule has 0 radical (unpaired) electrons. The van der Waals surface area contributed by atoms with Gasteiger partial charge < -0.3 is 15.2 Å². The maximum atomic E-state index is 11.6. The van der Waals surface area contributed by atoms with Crippen LogP contribution in [0.2, 0.25) is 0 Å². The number of carbonyl (C=O) groups is 1. The first-order valence-electron chi connectivity index (χ1n) is 7.26. The molecule has 1 aromatic rings. The third kappa shape index (κ3) is 5.61. The van der Waals surface area contributed by atoms with Crippen molar-refractivity contribution in [1.82, 2.24) is 5.32 Å². The fourth-order valence-electron chi connectivity index (χ4n) is 2.32. The van der Waals surface area contributed by atoms with Gasteiger partial charge in [-0.1, -0.05) is 57.0 Å². The predicted octanol–water partition coefficient (Wildman–Crippen LogP) is 2.96. The highest BCUT2D eigenvalue weighted by Crippen LogP contribution is 2.18. The van der Waals surface area contributed by atoms with E-state index in [0.29, 0.717) is 12.5 Å². The largest absolute Gasteiger partial charge is 0.445 e. The minimum atomic E-state index is -0.432. The van der Waals surface area contributed by atoms with E-state index in [-0.39, 0.29) is 19.1 Å². The number of aliphatic hydroxyl groups is 1. The van der Waals surface area contributed by atoms with Crippen LogP contribution in [-0.2, 0) is 11.3 Å². The normalized spacial score (nSPS) is 12.2. The van der Waals surface area contributed by atoms with E-state index in [2.05, 4.69) is 19.2 Å². The minimum Gasteiger partial charge on any atom is -0.445 e. The first-order chi connectivity index (χ1) is 9.71. The summed E-state index contributed by atoms with van der Waals surface area (Å²) in [6.45, 7) is 5.01. The van der Waals surface area contributed by atoms with Crippen molar-refractivity contribution in [3.8, 4) is 0 Å². The number of hydrogen-bond donors (Lipinski definition) is 2. The molecule has 20 heavy (non-hydrogen) atoms. The van der Waals surface area contributed by atoms with Crippen molar-refractivity contribution in [1.29, 1.82) is 0 Å². The van der Waals surface area contributed by atoms with Crippen molar-refractivity contribution in [2.45, 2.75) is 33.3 Å². The number of nitrogens with one attached hydrogen (secondary N) is 1. The molecule has 1 rings (SSSR count). The second kappa shape index (κ2) is 9.37. The highest BCUT2D eigenvalue weighted by molar-refractivity contribution is 5.67. The maximum absolute atomic E-state index is 11.6. The lowest BCUT2D eigenvalue weighted by Gasteiger charge is -2.23. The number of ether oxygens (including phenoxy) is 1. The topological polar surface area (TPSA) is 58.6 Å². The van der Waals surface area contributed by atoms with E-state index in [4.69, 9.17) is 4.74 Å².